The van der Waals surface area contributed by atoms with E-state index in [0.29, 0.717) is 5.16 Å². The van der Waals surface area contributed by atoms with Gasteiger partial charge in [0.25, 0.3) is 0 Å². The molecule has 0 aromatic carbocycles. The number of halogens is 2. The second-order valence-corrected chi connectivity index (χ2v) is 2.80. The van der Waals surface area contributed by atoms with E-state index in [4.69, 9.17) is 34.7 Å². The molecule has 0 aromatic rings. The Hall–Kier alpha value is -0.0900. The highest BCUT2D eigenvalue weighted by Gasteiger charge is 2.20. The van der Waals surface area contributed by atoms with Crippen LogP contribution in [0.1, 0.15) is 0 Å². The second kappa shape index (κ2) is 2.88. The van der Waals surface area contributed by atoms with E-state index in [2.05, 4.69) is 4.99 Å². The number of rotatable bonds is 0. The summed E-state index contributed by atoms with van der Waals surface area (Å²) in [4.78, 5) is 3.72. The topological polar surface area (TPSA) is 64.4 Å². The van der Waals surface area contributed by atoms with E-state index < -0.39 is 6.04 Å². The van der Waals surface area contributed by atoms with E-state index in [1.165, 1.54) is 0 Å². The van der Waals surface area contributed by atoms with Gasteiger partial charge in [-0.1, -0.05) is 23.2 Å². The predicted molar refractivity (Wildman–Crippen MR) is 43.2 cm³/mol. The summed E-state index contributed by atoms with van der Waals surface area (Å²) in [5.74, 6) is 0. The second-order valence-electron chi connectivity index (χ2n) is 2.03. The van der Waals surface area contributed by atoms with Gasteiger partial charge >= 0.3 is 0 Å². The Morgan fingerprint density at radius 1 is 1.40 bits per heavy atom. The van der Waals surface area contributed by atoms with Crippen LogP contribution in [0.5, 0.6) is 0 Å². The fraction of sp³-hybridized carbons (Fsp3) is 0.400. The third-order valence-corrected chi connectivity index (χ3v) is 1.78. The van der Waals surface area contributed by atoms with E-state index in [1.807, 2.05) is 0 Å². The van der Waals surface area contributed by atoms with E-state index >= 15 is 0 Å². The predicted octanol–water partition coefficient (Wildman–Crippen LogP) is 0.372. The maximum absolute atomic E-state index is 5.58. The SMILES string of the molecule is NC1C=C(Cl)N=C(Cl)C1N. The van der Waals surface area contributed by atoms with Crippen molar-refractivity contribution >= 4 is 28.4 Å². The van der Waals surface area contributed by atoms with Crippen molar-refractivity contribution in [3.05, 3.63) is 11.2 Å². The first-order valence-corrected chi connectivity index (χ1v) is 3.49. The van der Waals surface area contributed by atoms with Gasteiger partial charge in [0.15, 0.2) is 0 Å². The number of hydrogen-bond acceptors (Lipinski definition) is 3. The van der Waals surface area contributed by atoms with Crippen molar-refractivity contribution in [2.24, 2.45) is 16.5 Å². The lowest BCUT2D eigenvalue weighted by atomic mass is 10.1. The minimum Gasteiger partial charge on any atom is -0.323 e. The molecule has 56 valence electrons. The van der Waals surface area contributed by atoms with Crippen LogP contribution in [0.25, 0.3) is 0 Å². The van der Waals surface area contributed by atoms with Crippen LogP contribution in [0.15, 0.2) is 16.2 Å². The van der Waals surface area contributed by atoms with Crippen LogP contribution in [-0.2, 0) is 0 Å². The number of nitrogens with two attached hydrogens (primary N) is 2. The quantitative estimate of drug-likeness (QED) is 0.529. The molecule has 0 spiro atoms. The van der Waals surface area contributed by atoms with Gasteiger partial charge in [-0.15, -0.1) is 0 Å². The maximum Gasteiger partial charge on any atom is 0.128 e. The van der Waals surface area contributed by atoms with Crippen LogP contribution in [0.2, 0.25) is 0 Å². The van der Waals surface area contributed by atoms with E-state index in [9.17, 15) is 0 Å². The van der Waals surface area contributed by atoms with Crippen LogP contribution in [0, 0.1) is 0 Å². The average Bonchev–Trinajstić information content (AvgIpc) is 1.82. The number of aliphatic imine (C=N–C) groups is 1. The Labute approximate surface area is 68.7 Å². The molecule has 0 saturated carbocycles. The van der Waals surface area contributed by atoms with Crippen molar-refractivity contribution in [2.45, 2.75) is 12.1 Å². The number of nitrogens with zero attached hydrogens (tertiary/aromatic N) is 1. The van der Waals surface area contributed by atoms with Gasteiger partial charge in [0.1, 0.15) is 10.3 Å². The Morgan fingerprint density at radius 3 is 2.50 bits per heavy atom. The number of hydrogen-bond donors (Lipinski definition) is 2. The summed E-state index contributed by atoms with van der Waals surface area (Å²) in [6, 6.07) is -0.735. The molecule has 0 amide bonds. The highest BCUT2D eigenvalue weighted by molar-refractivity contribution is 6.67. The molecule has 1 aliphatic rings. The van der Waals surface area contributed by atoms with Crippen molar-refractivity contribution in [3.63, 3.8) is 0 Å². The zero-order chi connectivity index (χ0) is 7.72. The monoisotopic (exact) mass is 179 g/mol. The summed E-state index contributed by atoms with van der Waals surface area (Å²) in [6.07, 6.45) is 1.57. The van der Waals surface area contributed by atoms with Gasteiger partial charge in [-0.3, -0.25) is 0 Å². The molecule has 0 aromatic heterocycles. The zero-order valence-corrected chi connectivity index (χ0v) is 6.60. The molecule has 4 N–H and O–H groups in total. The van der Waals surface area contributed by atoms with E-state index in [1.54, 1.807) is 6.08 Å². The fourth-order valence-corrected chi connectivity index (χ4v) is 1.15. The van der Waals surface area contributed by atoms with Gasteiger partial charge in [0.05, 0.1) is 6.04 Å². The molecule has 3 nitrogen and oxygen atoms in total. The van der Waals surface area contributed by atoms with Crippen LogP contribution in [-0.4, -0.2) is 17.3 Å². The van der Waals surface area contributed by atoms with Crippen LogP contribution < -0.4 is 11.5 Å². The van der Waals surface area contributed by atoms with Crippen molar-refractivity contribution in [2.75, 3.05) is 0 Å². The summed E-state index contributed by atoms with van der Waals surface area (Å²) >= 11 is 11.1. The van der Waals surface area contributed by atoms with Gasteiger partial charge < -0.3 is 11.5 Å². The maximum atomic E-state index is 5.58. The smallest absolute Gasteiger partial charge is 0.128 e. The molecule has 10 heavy (non-hydrogen) atoms. The van der Waals surface area contributed by atoms with Crippen molar-refractivity contribution in [1.29, 1.82) is 0 Å². The lowest BCUT2D eigenvalue weighted by Gasteiger charge is -2.18. The van der Waals surface area contributed by atoms with Gasteiger partial charge in [0, 0.05) is 6.04 Å². The normalized spacial score (nSPS) is 33.2. The van der Waals surface area contributed by atoms with Gasteiger partial charge in [-0.05, 0) is 6.08 Å². The summed E-state index contributed by atoms with van der Waals surface area (Å²) in [5, 5.41) is 0.569. The largest absolute Gasteiger partial charge is 0.323 e. The molecule has 0 bridgehead atoms. The summed E-state index contributed by atoms with van der Waals surface area (Å²) in [5.41, 5.74) is 11.0. The van der Waals surface area contributed by atoms with Crippen LogP contribution in [0.3, 0.4) is 0 Å². The first-order valence-electron chi connectivity index (χ1n) is 2.74. The lowest BCUT2D eigenvalue weighted by Crippen LogP contribution is -2.45. The van der Waals surface area contributed by atoms with Gasteiger partial charge in [-0.25, -0.2) is 4.99 Å². The Balaban J connectivity index is 2.85. The molecule has 2 atom stereocenters. The molecule has 0 radical (unpaired) electrons. The summed E-state index contributed by atoms with van der Waals surface area (Å²) in [7, 11) is 0. The summed E-state index contributed by atoms with van der Waals surface area (Å²) < 4.78 is 0. The highest BCUT2D eigenvalue weighted by atomic mass is 35.5. The van der Waals surface area contributed by atoms with Gasteiger partial charge in [0.2, 0.25) is 0 Å². The Kier molecular flexibility index (Phi) is 2.31. The van der Waals surface area contributed by atoms with E-state index in [0.717, 1.165) is 0 Å². The molecule has 5 heteroatoms. The molecular formula is C5H7Cl2N3. The Bertz CT molecular complexity index is 199. The first-order chi connectivity index (χ1) is 4.61. The minimum atomic E-state index is -0.413. The van der Waals surface area contributed by atoms with Crippen molar-refractivity contribution in [1.82, 2.24) is 0 Å². The third kappa shape index (κ3) is 1.49. The van der Waals surface area contributed by atoms with Crippen molar-refractivity contribution in [3.8, 4) is 0 Å². The van der Waals surface area contributed by atoms with Crippen LogP contribution in [0.4, 0.5) is 0 Å². The fourth-order valence-electron chi connectivity index (χ4n) is 0.635. The minimum absolute atomic E-state index is 0.264. The summed E-state index contributed by atoms with van der Waals surface area (Å²) in [6.45, 7) is 0. The molecule has 1 rings (SSSR count). The van der Waals surface area contributed by atoms with Gasteiger partial charge in [-0.2, -0.15) is 0 Å². The highest BCUT2D eigenvalue weighted by Crippen LogP contribution is 2.14. The zero-order valence-electron chi connectivity index (χ0n) is 5.09. The van der Waals surface area contributed by atoms with E-state index in [-0.39, 0.29) is 11.2 Å². The Morgan fingerprint density at radius 2 is 2.00 bits per heavy atom. The first kappa shape index (κ1) is 8.01. The lowest BCUT2D eigenvalue weighted by molar-refractivity contribution is 0.729. The molecular weight excluding hydrogens is 173 g/mol. The molecule has 0 saturated heterocycles. The standard InChI is InChI=1S/C5H7Cl2N3/c6-3-1-2(8)4(9)5(7)10-3/h1-2,4H,8-9H2. The molecule has 0 fully saturated rings. The molecule has 1 aliphatic heterocycles. The average molecular weight is 180 g/mol. The van der Waals surface area contributed by atoms with Crippen LogP contribution >= 0.6 is 23.2 Å². The molecule has 1 heterocycles. The van der Waals surface area contributed by atoms with Crippen molar-refractivity contribution < 1.29 is 0 Å². The molecule has 2 unspecified atom stereocenters. The molecule has 0 aliphatic carbocycles. The third-order valence-electron chi connectivity index (χ3n) is 1.23.